The fourth-order valence-electron chi connectivity index (χ4n) is 5.36. The minimum atomic E-state index is 1.23. The molecule has 3 aromatic heterocycles. The van der Waals surface area contributed by atoms with Gasteiger partial charge in [0.2, 0.25) is 0 Å². The Morgan fingerprint density at radius 3 is 2.35 bits per heavy atom. The van der Waals surface area contributed by atoms with Crippen LogP contribution in [0, 0.1) is 13.8 Å². The van der Waals surface area contributed by atoms with Gasteiger partial charge >= 0.3 is 0 Å². The number of thiophene rings is 2. The zero-order valence-electron chi connectivity index (χ0n) is 19.3. The standard InChI is InChI=1S/C30H23N2S2/c1-18-10-4-6-12-22(18)32-24-14-8-7-13-23(24)31(3)29(32)26-19(2)16-17-21-27-20-11-5-9-15-25(20)33-30(27)34-28(21)26/h4-17H,1-3H3/q+1. The van der Waals surface area contributed by atoms with E-state index in [1.807, 2.05) is 22.7 Å². The Bertz CT molecular complexity index is 1900. The minimum absolute atomic E-state index is 1.23. The Morgan fingerprint density at radius 1 is 0.706 bits per heavy atom. The van der Waals surface area contributed by atoms with E-state index in [0.29, 0.717) is 0 Å². The molecule has 34 heavy (non-hydrogen) atoms. The average Bonchev–Trinajstić information content (AvgIpc) is 3.48. The average molecular weight is 476 g/mol. The van der Waals surface area contributed by atoms with Crippen molar-refractivity contribution in [2.45, 2.75) is 13.8 Å². The van der Waals surface area contributed by atoms with Crippen LogP contribution in [-0.2, 0) is 7.05 Å². The number of aryl methyl sites for hydroxylation is 3. The summed E-state index contributed by atoms with van der Waals surface area (Å²) in [6, 6.07) is 30.9. The first kappa shape index (κ1) is 20.0. The van der Waals surface area contributed by atoms with Crippen LogP contribution in [0.15, 0.2) is 84.9 Å². The number of fused-ring (bicyclic) bond motifs is 6. The van der Waals surface area contributed by atoms with E-state index in [1.54, 1.807) is 0 Å². The Balaban J connectivity index is 1.67. The molecule has 2 nitrogen and oxygen atoms in total. The summed E-state index contributed by atoms with van der Waals surface area (Å²) in [5.74, 6) is 1.23. The lowest BCUT2D eigenvalue weighted by Gasteiger charge is -2.09. The second-order valence-corrected chi connectivity index (χ2v) is 11.3. The first-order chi connectivity index (χ1) is 16.6. The van der Waals surface area contributed by atoms with Gasteiger partial charge in [0.1, 0.15) is 5.69 Å². The van der Waals surface area contributed by atoms with Crippen LogP contribution >= 0.6 is 22.7 Å². The maximum atomic E-state index is 2.46. The fraction of sp³-hybridized carbons (Fsp3) is 0.100. The molecule has 0 aliphatic heterocycles. The summed E-state index contributed by atoms with van der Waals surface area (Å²) >= 11 is 3.86. The highest BCUT2D eigenvalue weighted by molar-refractivity contribution is 7.44. The Morgan fingerprint density at radius 2 is 1.47 bits per heavy atom. The second-order valence-electron chi connectivity index (χ2n) is 8.99. The van der Waals surface area contributed by atoms with E-state index < -0.39 is 0 Å². The first-order valence-corrected chi connectivity index (χ1v) is 13.2. The van der Waals surface area contributed by atoms with Gasteiger partial charge in [-0.15, -0.1) is 22.7 Å². The summed E-state index contributed by atoms with van der Waals surface area (Å²) in [7, 11) is 2.20. The molecular formula is C30H23N2S2+. The van der Waals surface area contributed by atoms with Gasteiger partial charge in [0.15, 0.2) is 11.0 Å². The van der Waals surface area contributed by atoms with Gasteiger partial charge in [-0.05, 0) is 49.2 Å². The Kier molecular flexibility index (Phi) is 4.26. The lowest BCUT2D eigenvalue weighted by atomic mass is 10.0. The summed E-state index contributed by atoms with van der Waals surface area (Å²) in [6.07, 6.45) is 0. The molecule has 0 bridgehead atoms. The molecule has 0 saturated carbocycles. The molecule has 0 aliphatic carbocycles. The molecule has 3 heterocycles. The van der Waals surface area contributed by atoms with E-state index >= 15 is 0 Å². The van der Waals surface area contributed by atoms with Crippen LogP contribution < -0.4 is 4.57 Å². The number of benzene rings is 4. The highest BCUT2D eigenvalue weighted by Crippen LogP contribution is 2.48. The molecule has 7 rings (SSSR count). The summed E-state index contributed by atoms with van der Waals surface area (Å²) < 4.78 is 8.98. The van der Waals surface area contributed by atoms with Gasteiger partial charge in [0.25, 0.3) is 5.82 Å². The number of rotatable bonds is 2. The minimum Gasteiger partial charge on any atom is -0.225 e. The number of hydrogen-bond donors (Lipinski definition) is 0. The van der Waals surface area contributed by atoms with Gasteiger partial charge in [-0.1, -0.05) is 60.7 Å². The van der Waals surface area contributed by atoms with Crippen LogP contribution in [0.3, 0.4) is 0 Å². The molecule has 0 spiro atoms. The molecule has 0 aliphatic rings. The highest BCUT2D eigenvalue weighted by atomic mass is 32.2. The summed E-state index contributed by atoms with van der Waals surface area (Å²) in [5.41, 5.74) is 7.61. The third-order valence-electron chi connectivity index (χ3n) is 6.99. The van der Waals surface area contributed by atoms with Gasteiger partial charge in [-0.25, -0.2) is 4.57 Å². The van der Waals surface area contributed by atoms with Crippen LogP contribution in [0.4, 0.5) is 0 Å². The van der Waals surface area contributed by atoms with Crippen molar-refractivity contribution >= 4 is 63.3 Å². The first-order valence-electron chi connectivity index (χ1n) is 11.5. The van der Waals surface area contributed by atoms with Crippen molar-refractivity contribution in [3.63, 3.8) is 0 Å². The Labute approximate surface area is 205 Å². The zero-order chi connectivity index (χ0) is 23.0. The van der Waals surface area contributed by atoms with Gasteiger partial charge < -0.3 is 0 Å². The number of imidazole rings is 1. The van der Waals surface area contributed by atoms with E-state index in [2.05, 4.69) is 115 Å². The lowest BCUT2D eigenvalue weighted by Crippen LogP contribution is -2.30. The molecule has 0 atom stereocenters. The molecule has 164 valence electrons. The fourth-order valence-corrected chi connectivity index (χ4v) is 8.13. The van der Waals surface area contributed by atoms with Crippen LogP contribution in [0.25, 0.3) is 57.7 Å². The monoisotopic (exact) mass is 475 g/mol. The number of hydrogen-bond acceptors (Lipinski definition) is 2. The predicted molar refractivity (Wildman–Crippen MR) is 148 cm³/mol. The van der Waals surface area contributed by atoms with Gasteiger partial charge in [-0.3, -0.25) is 0 Å². The molecule has 7 aromatic rings. The predicted octanol–water partition coefficient (Wildman–Crippen LogP) is 8.32. The number of nitrogens with zero attached hydrogens (tertiary/aromatic N) is 2. The molecule has 0 unspecified atom stereocenters. The molecule has 4 heteroatoms. The zero-order valence-corrected chi connectivity index (χ0v) is 20.9. The van der Waals surface area contributed by atoms with E-state index in [-0.39, 0.29) is 0 Å². The highest BCUT2D eigenvalue weighted by Gasteiger charge is 2.30. The van der Waals surface area contributed by atoms with Gasteiger partial charge in [0, 0.05) is 20.9 Å². The Hall–Kier alpha value is -3.47. The maximum Gasteiger partial charge on any atom is 0.296 e. The quantitative estimate of drug-likeness (QED) is 0.222. The number of aromatic nitrogens is 2. The van der Waals surface area contributed by atoms with E-state index in [4.69, 9.17) is 0 Å². The van der Waals surface area contributed by atoms with Gasteiger partial charge in [0.05, 0.1) is 21.3 Å². The molecule has 0 radical (unpaired) electrons. The molecule has 0 fully saturated rings. The summed E-state index contributed by atoms with van der Waals surface area (Å²) in [6.45, 7) is 4.45. The third-order valence-corrected chi connectivity index (χ3v) is 9.47. The van der Waals surface area contributed by atoms with E-state index in [1.165, 1.54) is 68.8 Å². The van der Waals surface area contributed by atoms with Crippen molar-refractivity contribution in [3.8, 4) is 17.1 Å². The molecule has 4 aromatic carbocycles. The smallest absolute Gasteiger partial charge is 0.225 e. The second kappa shape index (κ2) is 7.26. The van der Waals surface area contributed by atoms with Crippen molar-refractivity contribution in [1.82, 2.24) is 4.57 Å². The topological polar surface area (TPSA) is 8.81 Å². The van der Waals surface area contributed by atoms with Crippen LogP contribution in [0.1, 0.15) is 11.1 Å². The molecule has 0 amide bonds. The summed E-state index contributed by atoms with van der Waals surface area (Å²) in [4.78, 5) is 0. The SMILES string of the molecule is Cc1ccccc1-n1c(-c2c(C)ccc3c2sc2sc4ccccc4c23)[n+](C)c2ccccc21. The van der Waals surface area contributed by atoms with Gasteiger partial charge in [-0.2, -0.15) is 4.57 Å². The van der Waals surface area contributed by atoms with E-state index in [9.17, 15) is 0 Å². The van der Waals surface area contributed by atoms with Crippen molar-refractivity contribution < 1.29 is 4.57 Å². The van der Waals surface area contributed by atoms with Crippen LogP contribution in [0.2, 0.25) is 0 Å². The molecular weight excluding hydrogens is 452 g/mol. The van der Waals surface area contributed by atoms with Crippen molar-refractivity contribution in [2.75, 3.05) is 0 Å². The summed E-state index contributed by atoms with van der Waals surface area (Å²) in [5, 5.41) is 4.13. The maximum absolute atomic E-state index is 2.46. The number of para-hydroxylation sites is 3. The largest absolute Gasteiger partial charge is 0.296 e. The van der Waals surface area contributed by atoms with Crippen molar-refractivity contribution in [2.24, 2.45) is 7.05 Å². The van der Waals surface area contributed by atoms with E-state index in [0.717, 1.165) is 0 Å². The normalized spacial score (nSPS) is 12.0. The van der Waals surface area contributed by atoms with Crippen LogP contribution in [-0.4, -0.2) is 4.57 Å². The molecule has 0 N–H and O–H groups in total. The van der Waals surface area contributed by atoms with Crippen molar-refractivity contribution in [3.05, 3.63) is 96.1 Å². The lowest BCUT2D eigenvalue weighted by molar-refractivity contribution is -0.633. The molecule has 0 saturated heterocycles. The third kappa shape index (κ3) is 2.64. The van der Waals surface area contributed by atoms with Crippen LogP contribution in [0.5, 0.6) is 0 Å². The van der Waals surface area contributed by atoms with Crippen molar-refractivity contribution in [1.29, 1.82) is 0 Å².